The molecule has 2 aliphatic rings. The highest BCUT2D eigenvalue weighted by Crippen LogP contribution is 2.36. The fraction of sp³-hybridized carbons (Fsp3) is 0.452. The van der Waals surface area contributed by atoms with Crippen LogP contribution in [0.25, 0.3) is 6.08 Å². The topological polar surface area (TPSA) is 76.1 Å². The van der Waals surface area contributed by atoms with Crippen molar-refractivity contribution in [3.8, 4) is 5.75 Å². The Morgan fingerprint density at radius 2 is 1.63 bits per heavy atom. The number of fused-ring (bicyclic) bond motifs is 1. The molecule has 0 bridgehead atoms. The third-order valence-electron chi connectivity index (χ3n) is 7.48. The number of ether oxygens (including phenoxy) is 2. The van der Waals surface area contributed by atoms with Crippen molar-refractivity contribution < 1.29 is 23.9 Å². The van der Waals surface area contributed by atoms with Crippen molar-refractivity contribution in [3.05, 3.63) is 71.3 Å². The van der Waals surface area contributed by atoms with Gasteiger partial charge in [0.05, 0.1) is 13.0 Å². The van der Waals surface area contributed by atoms with Gasteiger partial charge in [-0.05, 0) is 60.9 Å². The maximum Gasteiger partial charge on any atom is 0.334 e. The van der Waals surface area contributed by atoms with E-state index in [-0.39, 0.29) is 31.4 Å². The van der Waals surface area contributed by atoms with Gasteiger partial charge in [-0.2, -0.15) is 0 Å². The molecule has 7 nitrogen and oxygen atoms in total. The van der Waals surface area contributed by atoms with Gasteiger partial charge in [0, 0.05) is 32.3 Å². The molecule has 38 heavy (non-hydrogen) atoms. The van der Waals surface area contributed by atoms with Gasteiger partial charge in [0.2, 0.25) is 5.91 Å². The molecule has 2 fully saturated rings. The van der Waals surface area contributed by atoms with Gasteiger partial charge >= 0.3 is 5.97 Å². The van der Waals surface area contributed by atoms with Crippen molar-refractivity contribution in [1.82, 2.24) is 9.80 Å². The minimum Gasteiger partial charge on any atom is -0.484 e. The molecule has 0 radical (unpaired) electrons. The molecule has 2 aromatic carbocycles. The van der Waals surface area contributed by atoms with Gasteiger partial charge in [-0.1, -0.05) is 55.3 Å². The van der Waals surface area contributed by atoms with Gasteiger partial charge in [0.15, 0.2) is 6.61 Å². The monoisotopic (exact) mass is 518 g/mol. The molecule has 1 saturated carbocycles. The van der Waals surface area contributed by atoms with E-state index in [4.69, 9.17) is 9.47 Å². The standard InChI is InChI=1S/C31H38N2O5/c1-3-37-31(36)27(18-29(34)33-20-25-11-7-8-12-26(25)21-33)17-23-13-15-28(16-14-23)38-22-30(35)32(2)19-24-9-5-4-6-10-24/h4-6,9-10,13-17,25-26H,3,7-8,11-12,18-22H2,1-2H3/b27-17+/t25-,26+. The van der Waals surface area contributed by atoms with E-state index in [1.54, 1.807) is 37.1 Å². The molecule has 2 atom stereocenters. The van der Waals surface area contributed by atoms with Crippen LogP contribution < -0.4 is 4.74 Å². The third kappa shape index (κ3) is 7.46. The van der Waals surface area contributed by atoms with Gasteiger partial charge in [0.1, 0.15) is 5.75 Å². The van der Waals surface area contributed by atoms with Crippen LogP contribution in [0.15, 0.2) is 60.2 Å². The normalized spacial score (nSPS) is 19.0. The highest BCUT2D eigenvalue weighted by atomic mass is 16.5. The van der Waals surface area contributed by atoms with Crippen LogP contribution in [0.4, 0.5) is 0 Å². The lowest BCUT2D eigenvalue weighted by molar-refractivity contribution is -0.140. The fourth-order valence-electron chi connectivity index (χ4n) is 5.35. The highest BCUT2D eigenvalue weighted by molar-refractivity contribution is 5.99. The number of amides is 2. The van der Waals surface area contributed by atoms with Crippen molar-refractivity contribution >= 4 is 23.9 Å². The first-order valence-corrected chi connectivity index (χ1v) is 13.6. The summed E-state index contributed by atoms with van der Waals surface area (Å²) in [4.78, 5) is 41.8. The lowest BCUT2D eigenvalue weighted by Gasteiger charge is -2.22. The van der Waals surface area contributed by atoms with Crippen LogP contribution in [0.1, 0.15) is 50.2 Å². The minimum atomic E-state index is -0.468. The molecule has 2 aromatic rings. The lowest BCUT2D eigenvalue weighted by atomic mass is 9.82. The summed E-state index contributed by atoms with van der Waals surface area (Å²) < 4.78 is 10.9. The smallest absolute Gasteiger partial charge is 0.334 e. The Kier molecular flexibility index (Phi) is 9.57. The first kappa shape index (κ1) is 27.4. The van der Waals surface area contributed by atoms with Crippen molar-refractivity contribution in [2.75, 3.05) is 33.4 Å². The van der Waals surface area contributed by atoms with E-state index in [1.165, 1.54) is 25.7 Å². The van der Waals surface area contributed by atoms with E-state index < -0.39 is 5.97 Å². The van der Waals surface area contributed by atoms with Gasteiger partial charge < -0.3 is 19.3 Å². The number of hydrogen-bond acceptors (Lipinski definition) is 5. The predicted octanol–water partition coefficient (Wildman–Crippen LogP) is 4.71. The summed E-state index contributed by atoms with van der Waals surface area (Å²) in [5.74, 6) is 1.14. The zero-order chi connectivity index (χ0) is 26.9. The molecule has 0 aromatic heterocycles. The summed E-state index contributed by atoms with van der Waals surface area (Å²) >= 11 is 0. The van der Waals surface area contributed by atoms with Gasteiger partial charge in [-0.25, -0.2) is 4.79 Å². The second-order valence-corrected chi connectivity index (χ2v) is 10.3. The van der Waals surface area contributed by atoms with E-state index in [1.807, 2.05) is 47.4 Å². The molecule has 202 valence electrons. The first-order chi connectivity index (χ1) is 18.4. The fourth-order valence-corrected chi connectivity index (χ4v) is 5.35. The van der Waals surface area contributed by atoms with E-state index in [0.717, 1.165) is 24.2 Å². The van der Waals surface area contributed by atoms with E-state index in [9.17, 15) is 14.4 Å². The van der Waals surface area contributed by atoms with Crippen LogP contribution in [0, 0.1) is 11.8 Å². The Hall–Kier alpha value is -3.61. The van der Waals surface area contributed by atoms with Crippen LogP contribution in [0.3, 0.4) is 0 Å². The summed E-state index contributed by atoms with van der Waals surface area (Å²) in [7, 11) is 1.75. The number of carbonyl (C=O) groups is 3. The molecular formula is C31H38N2O5. The molecular weight excluding hydrogens is 480 g/mol. The van der Waals surface area contributed by atoms with Gasteiger partial charge in [-0.15, -0.1) is 0 Å². The SMILES string of the molecule is CCOC(=O)/C(=C/c1ccc(OCC(=O)N(C)Cc2ccccc2)cc1)CC(=O)N1C[C@H]2CCCC[C@H]2C1. The van der Waals surface area contributed by atoms with Crippen molar-refractivity contribution in [3.63, 3.8) is 0 Å². The Morgan fingerprint density at radius 1 is 0.974 bits per heavy atom. The van der Waals surface area contributed by atoms with Crippen molar-refractivity contribution in [2.24, 2.45) is 11.8 Å². The number of nitrogens with zero attached hydrogens (tertiary/aromatic N) is 2. The molecule has 4 rings (SSSR count). The highest BCUT2D eigenvalue weighted by Gasteiger charge is 2.36. The quantitative estimate of drug-likeness (QED) is 0.336. The molecule has 7 heteroatoms. The zero-order valence-corrected chi connectivity index (χ0v) is 22.4. The Balaban J connectivity index is 1.34. The Bertz CT molecular complexity index is 1110. The number of likely N-dealkylation sites (tertiary alicyclic amines) is 1. The summed E-state index contributed by atoms with van der Waals surface area (Å²) in [6.07, 6.45) is 6.61. The lowest BCUT2D eigenvalue weighted by Crippen LogP contribution is -2.30. The Morgan fingerprint density at radius 3 is 2.26 bits per heavy atom. The number of hydrogen-bond donors (Lipinski definition) is 0. The van der Waals surface area contributed by atoms with Crippen LogP contribution in [-0.4, -0.2) is 60.9 Å². The minimum absolute atomic E-state index is 0.0169. The predicted molar refractivity (Wildman–Crippen MR) is 146 cm³/mol. The summed E-state index contributed by atoms with van der Waals surface area (Å²) in [6.45, 7) is 4.04. The molecule has 1 heterocycles. The number of esters is 1. The van der Waals surface area contributed by atoms with Gasteiger partial charge in [0.25, 0.3) is 5.91 Å². The number of likely N-dealkylation sites (N-methyl/N-ethyl adjacent to an activating group) is 1. The molecule has 0 spiro atoms. The van der Waals surface area contributed by atoms with E-state index in [2.05, 4.69) is 0 Å². The second kappa shape index (κ2) is 13.3. The van der Waals surface area contributed by atoms with Crippen molar-refractivity contribution in [1.29, 1.82) is 0 Å². The maximum absolute atomic E-state index is 13.1. The van der Waals surface area contributed by atoms with Crippen molar-refractivity contribution in [2.45, 2.75) is 45.6 Å². The molecule has 0 unspecified atom stereocenters. The maximum atomic E-state index is 13.1. The van der Waals surface area contributed by atoms with Crippen LogP contribution >= 0.6 is 0 Å². The number of rotatable bonds is 10. The molecule has 1 saturated heterocycles. The second-order valence-electron chi connectivity index (χ2n) is 10.3. The third-order valence-corrected chi connectivity index (χ3v) is 7.48. The zero-order valence-electron chi connectivity index (χ0n) is 22.4. The Labute approximate surface area is 225 Å². The van der Waals surface area contributed by atoms with Crippen LogP contribution in [0.2, 0.25) is 0 Å². The van der Waals surface area contributed by atoms with Gasteiger partial charge in [-0.3, -0.25) is 9.59 Å². The van der Waals surface area contributed by atoms with Crippen LogP contribution in [0.5, 0.6) is 5.75 Å². The van der Waals surface area contributed by atoms with E-state index >= 15 is 0 Å². The number of carbonyl (C=O) groups excluding carboxylic acids is 3. The molecule has 1 aliphatic carbocycles. The summed E-state index contributed by atoms with van der Waals surface area (Å²) in [5.41, 5.74) is 2.16. The summed E-state index contributed by atoms with van der Waals surface area (Å²) in [6, 6.07) is 16.9. The average Bonchev–Trinajstić information content (AvgIpc) is 3.37. The average molecular weight is 519 g/mol. The van der Waals surface area contributed by atoms with Crippen LogP contribution in [-0.2, 0) is 25.7 Å². The first-order valence-electron chi connectivity index (χ1n) is 13.6. The molecule has 1 aliphatic heterocycles. The largest absolute Gasteiger partial charge is 0.484 e. The molecule has 2 amide bonds. The van der Waals surface area contributed by atoms with E-state index in [0.29, 0.717) is 29.7 Å². The number of benzene rings is 2. The molecule has 0 N–H and O–H groups in total. The summed E-state index contributed by atoms with van der Waals surface area (Å²) in [5, 5.41) is 0.